The fourth-order valence-corrected chi connectivity index (χ4v) is 1.79. The lowest BCUT2D eigenvalue weighted by Gasteiger charge is -2.18. The second-order valence-corrected chi connectivity index (χ2v) is 4.34. The number of halogens is 1. The Morgan fingerprint density at radius 1 is 1.32 bits per heavy atom. The molecule has 0 aromatic heterocycles. The lowest BCUT2D eigenvalue weighted by atomic mass is 10.1. The molecule has 19 heavy (non-hydrogen) atoms. The van der Waals surface area contributed by atoms with Gasteiger partial charge in [0.1, 0.15) is 0 Å². The number of aliphatic hydroxyl groups excluding tert-OH is 1. The van der Waals surface area contributed by atoms with E-state index in [-0.39, 0.29) is 6.04 Å². The van der Waals surface area contributed by atoms with Crippen molar-refractivity contribution in [2.75, 3.05) is 6.61 Å². The first-order valence-corrected chi connectivity index (χ1v) is 5.98. The van der Waals surface area contributed by atoms with Crippen LogP contribution in [0.15, 0.2) is 24.3 Å². The number of nitrogens with one attached hydrogen (secondary N) is 2. The summed E-state index contributed by atoms with van der Waals surface area (Å²) in [7, 11) is 0. The van der Waals surface area contributed by atoms with Crippen molar-refractivity contribution in [1.29, 1.82) is 0 Å². The molecule has 4 N–H and O–H groups in total. The van der Waals surface area contributed by atoms with Gasteiger partial charge in [0.15, 0.2) is 6.04 Å². The number of urea groups is 1. The first-order valence-electron chi connectivity index (χ1n) is 5.60. The van der Waals surface area contributed by atoms with E-state index in [9.17, 15) is 9.59 Å². The van der Waals surface area contributed by atoms with Crippen molar-refractivity contribution >= 4 is 23.6 Å². The highest BCUT2D eigenvalue weighted by atomic mass is 35.5. The molecule has 2 amide bonds. The van der Waals surface area contributed by atoms with E-state index in [1.165, 1.54) is 0 Å². The van der Waals surface area contributed by atoms with Crippen LogP contribution >= 0.6 is 11.6 Å². The molecule has 6 nitrogen and oxygen atoms in total. The number of carbonyl (C=O) groups is 2. The minimum atomic E-state index is -1.33. The molecule has 0 aliphatic carbocycles. The molecule has 0 saturated heterocycles. The molecular weight excluding hydrogens is 272 g/mol. The minimum absolute atomic E-state index is 0.387. The second-order valence-electron chi connectivity index (χ2n) is 3.93. The molecule has 0 aliphatic rings. The number of aliphatic hydroxyl groups is 1. The number of carboxylic acid groups (broad SMARTS) is 1. The van der Waals surface area contributed by atoms with Crippen molar-refractivity contribution in [3.63, 3.8) is 0 Å². The lowest BCUT2D eigenvalue weighted by Crippen LogP contribution is -2.48. The predicted molar refractivity (Wildman–Crippen MR) is 70.0 cm³/mol. The zero-order valence-electron chi connectivity index (χ0n) is 10.3. The van der Waals surface area contributed by atoms with Gasteiger partial charge < -0.3 is 20.8 Å². The van der Waals surface area contributed by atoms with Crippen molar-refractivity contribution in [3.05, 3.63) is 34.9 Å². The molecule has 0 spiro atoms. The fourth-order valence-electron chi connectivity index (χ4n) is 1.49. The Balaban J connectivity index is 2.62. The number of aliphatic carboxylic acids is 1. The van der Waals surface area contributed by atoms with Crippen LogP contribution < -0.4 is 10.6 Å². The zero-order valence-corrected chi connectivity index (χ0v) is 11.0. The van der Waals surface area contributed by atoms with Crippen molar-refractivity contribution in [3.8, 4) is 0 Å². The Morgan fingerprint density at radius 3 is 2.47 bits per heavy atom. The van der Waals surface area contributed by atoms with Crippen LogP contribution in [0.5, 0.6) is 0 Å². The Kier molecular flexibility index (Phi) is 5.59. The highest BCUT2D eigenvalue weighted by Crippen LogP contribution is 2.21. The Bertz CT molecular complexity index is 467. The summed E-state index contributed by atoms with van der Waals surface area (Å²) in [6.07, 6.45) is 0. The molecule has 0 heterocycles. The third-order valence-electron chi connectivity index (χ3n) is 2.51. The van der Waals surface area contributed by atoms with Gasteiger partial charge in [-0.15, -0.1) is 0 Å². The van der Waals surface area contributed by atoms with Gasteiger partial charge in [-0.2, -0.15) is 0 Å². The van der Waals surface area contributed by atoms with Crippen molar-refractivity contribution in [2.24, 2.45) is 0 Å². The largest absolute Gasteiger partial charge is 0.480 e. The van der Waals surface area contributed by atoms with Crippen molar-refractivity contribution in [2.45, 2.75) is 19.0 Å². The summed E-state index contributed by atoms with van der Waals surface area (Å²) in [6.45, 7) is 1.04. The number of amides is 2. The molecule has 0 bridgehead atoms. The number of hydrogen-bond acceptors (Lipinski definition) is 3. The molecule has 2 atom stereocenters. The summed E-state index contributed by atoms with van der Waals surface area (Å²) < 4.78 is 0. The van der Waals surface area contributed by atoms with Gasteiger partial charge in [0.05, 0.1) is 12.6 Å². The summed E-state index contributed by atoms with van der Waals surface area (Å²) in [5, 5.41) is 22.7. The van der Waals surface area contributed by atoms with Crippen LogP contribution in [0.25, 0.3) is 0 Å². The topological polar surface area (TPSA) is 98.7 Å². The molecule has 7 heteroatoms. The Labute approximate surface area is 115 Å². The number of benzene rings is 1. The van der Waals surface area contributed by atoms with Crippen LogP contribution in [0.4, 0.5) is 4.79 Å². The quantitative estimate of drug-likeness (QED) is 0.652. The smallest absolute Gasteiger partial charge is 0.328 e. The molecule has 104 valence electrons. The molecule has 1 unspecified atom stereocenters. The summed E-state index contributed by atoms with van der Waals surface area (Å²) >= 11 is 5.98. The fraction of sp³-hybridized carbons (Fsp3) is 0.333. The van der Waals surface area contributed by atoms with Gasteiger partial charge in [-0.3, -0.25) is 0 Å². The number of hydrogen-bond donors (Lipinski definition) is 4. The van der Waals surface area contributed by atoms with Crippen LogP contribution in [-0.4, -0.2) is 34.9 Å². The van der Waals surface area contributed by atoms with Gasteiger partial charge in [0, 0.05) is 5.02 Å². The standard InChI is InChI=1S/C12H15ClN2O4/c1-7(8-4-2-3-5-9(8)13)14-12(19)15-10(6-16)11(17)18/h2-5,7,10,16H,6H2,1H3,(H,17,18)(H2,14,15,19)/t7?,10-/m1/s1. The van der Waals surface area contributed by atoms with Crippen molar-refractivity contribution < 1.29 is 19.8 Å². The lowest BCUT2D eigenvalue weighted by molar-refractivity contribution is -0.140. The van der Waals surface area contributed by atoms with E-state index in [1.54, 1.807) is 31.2 Å². The molecule has 0 saturated carbocycles. The van der Waals surface area contributed by atoms with E-state index in [1.807, 2.05) is 0 Å². The SMILES string of the molecule is CC(NC(=O)N[C@H](CO)C(=O)O)c1ccccc1Cl. The average molecular weight is 287 g/mol. The predicted octanol–water partition coefficient (Wildman–Crippen LogP) is 1.15. The molecule has 1 rings (SSSR count). The normalized spacial score (nSPS) is 13.4. The molecule has 0 aliphatic heterocycles. The monoisotopic (exact) mass is 286 g/mol. The highest BCUT2D eigenvalue weighted by molar-refractivity contribution is 6.31. The van der Waals surface area contributed by atoms with E-state index in [0.717, 1.165) is 5.56 Å². The van der Waals surface area contributed by atoms with Crippen LogP contribution in [0.3, 0.4) is 0 Å². The Morgan fingerprint density at radius 2 is 1.95 bits per heavy atom. The Hall–Kier alpha value is -1.79. The highest BCUT2D eigenvalue weighted by Gasteiger charge is 2.20. The number of carbonyl (C=O) groups excluding carboxylic acids is 1. The first kappa shape index (κ1) is 15.3. The van der Waals surface area contributed by atoms with Gasteiger partial charge in [-0.1, -0.05) is 29.8 Å². The van der Waals surface area contributed by atoms with E-state index in [2.05, 4.69) is 10.6 Å². The zero-order chi connectivity index (χ0) is 14.4. The maximum absolute atomic E-state index is 11.6. The molecule has 0 fully saturated rings. The molecular formula is C12H15ClN2O4. The summed E-state index contributed by atoms with van der Waals surface area (Å²) in [5.74, 6) is -1.30. The molecule has 0 radical (unpaired) electrons. The maximum atomic E-state index is 11.6. The van der Waals surface area contributed by atoms with E-state index in [0.29, 0.717) is 5.02 Å². The maximum Gasteiger partial charge on any atom is 0.328 e. The first-order chi connectivity index (χ1) is 8.95. The summed E-state index contributed by atoms with van der Waals surface area (Å²) in [4.78, 5) is 22.2. The number of carboxylic acids is 1. The van der Waals surface area contributed by atoms with Crippen LogP contribution in [0.2, 0.25) is 5.02 Å². The second kappa shape index (κ2) is 6.96. The summed E-state index contributed by atoms with van der Waals surface area (Å²) in [6, 6.07) is 4.60. The molecule has 1 aromatic rings. The van der Waals surface area contributed by atoms with Crippen LogP contribution in [0, 0.1) is 0 Å². The van der Waals surface area contributed by atoms with Crippen LogP contribution in [0.1, 0.15) is 18.5 Å². The summed E-state index contributed by atoms with van der Waals surface area (Å²) in [5.41, 5.74) is 0.718. The van der Waals surface area contributed by atoms with Gasteiger partial charge in [-0.05, 0) is 18.6 Å². The van der Waals surface area contributed by atoms with Crippen LogP contribution in [-0.2, 0) is 4.79 Å². The third kappa shape index (κ3) is 4.42. The van der Waals surface area contributed by atoms with E-state index < -0.39 is 24.6 Å². The minimum Gasteiger partial charge on any atom is -0.480 e. The van der Waals surface area contributed by atoms with Gasteiger partial charge in [0.2, 0.25) is 0 Å². The van der Waals surface area contributed by atoms with Gasteiger partial charge in [-0.25, -0.2) is 9.59 Å². The molecule has 1 aromatic carbocycles. The third-order valence-corrected chi connectivity index (χ3v) is 2.85. The van der Waals surface area contributed by atoms with Gasteiger partial charge in [0.25, 0.3) is 0 Å². The van der Waals surface area contributed by atoms with Gasteiger partial charge >= 0.3 is 12.0 Å². The van der Waals surface area contributed by atoms with E-state index in [4.69, 9.17) is 21.8 Å². The van der Waals surface area contributed by atoms with Crippen molar-refractivity contribution in [1.82, 2.24) is 10.6 Å². The van der Waals surface area contributed by atoms with E-state index >= 15 is 0 Å². The number of rotatable bonds is 5. The average Bonchev–Trinajstić information content (AvgIpc) is 2.35.